The monoisotopic (exact) mass is 281 g/mol. The Kier molecular flexibility index (Phi) is 4.98. The molecule has 3 nitrogen and oxygen atoms in total. The first-order valence-corrected chi connectivity index (χ1v) is 7.83. The molecule has 3 heteroatoms. The summed E-state index contributed by atoms with van der Waals surface area (Å²) < 4.78 is 0. The minimum absolute atomic E-state index is 0.183. The molecule has 1 aromatic heterocycles. The largest absolute Gasteiger partial charge is 0.317 e. The third-order valence-corrected chi connectivity index (χ3v) is 4.19. The van der Waals surface area contributed by atoms with Crippen LogP contribution in [0.5, 0.6) is 0 Å². The first-order chi connectivity index (χ1) is 10.4. The lowest BCUT2D eigenvalue weighted by molar-refractivity contribution is 0.347. The Balaban J connectivity index is 1.73. The van der Waals surface area contributed by atoms with Crippen LogP contribution in [0.15, 0.2) is 54.7 Å². The van der Waals surface area contributed by atoms with Crippen LogP contribution in [0, 0.1) is 5.92 Å². The number of piperidine rings is 1. The van der Waals surface area contributed by atoms with Crippen LogP contribution in [-0.4, -0.2) is 24.6 Å². The van der Waals surface area contributed by atoms with Crippen molar-refractivity contribution >= 4 is 0 Å². The predicted octanol–water partition coefficient (Wildman–Crippen LogP) is 2.76. The summed E-state index contributed by atoms with van der Waals surface area (Å²) in [6.07, 6.45) is 4.39. The van der Waals surface area contributed by atoms with E-state index >= 15 is 0 Å². The van der Waals surface area contributed by atoms with Crippen molar-refractivity contribution in [3.05, 3.63) is 66.0 Å². The summed E-state index contributed by atoms with van der Waals surface area (Å²) in [6.45, 7) is 3.34. The fourth-order valence-corrected chi connectivity index (χ4v) is 2.96. The van der Waals surface area contributed by atoms with Gasteiger partial charge in [-0.05, 0) is 56.1 Å². The first kappa shape index (κ1) is 14.2. The van der Waals surface area contributed by atoms with Crippen molar-refractivity contribution in [1.82, 2.24) is 15.6 Å². The van der Waals surface area contributed by atoms with Crippen molar-refractivity contribution in [3.8, 4) is 0 Å². The molecule has 110 valence electrons. The molecule has 21 heavy (non-hydrogen) atoms. The second kappa shape index (κ2) is 7.34. The van der Waals surface area contributed by atoms with Crippen molar-refractivity contribution < 1.29 is 0 Å². The number of aromatic nitrogens is 1. The van der Waals surface area contributed by atoms with Gasteiger partial charge in [-0.1, -0.05) is 36.4 Å². The highest BCUT2D eigenvalue weighted by Crippen LogP contribution is 2.21. The molecule has 1 unspecified atom stereocenters. The molecule has 3 rings (SSSR count). The van der Waals surface area contributed by atoms with Gasteiger partial charge >= 0.3 is 0 Å². The quantitative estimate of drug-likeness (QED) is 0.885. The molecular weight excluding hydrogens is 258 g/mol. The average Bonchev–Trinajstić information content (AvgIpc) is 2.58. The fourth-order valence-electron chi connectivity index (χ4n) is 2.96. The van der Waals surface area contributed by atoms with Gasteiger partial charge in [0.1, 0.15) is 0 Å². The van der Waals surface area contributed by atoms with E-state index in [4.69, 9.17) is 0 Å². The van der Waals surface area contributed by atoms with Crippen LogP contribution in [0.1, 0.15) is 30.1 Å². The van der Waals surface area contributed by atoms with Crippen LogP contribution >= 0.6 is 0 Å². The maximum atomic E-state index is 4.54. The highest BCUT2D eigenvalue weighted by Gasteiger charge is 2.18. The molecule has 2 aromatic rings. The van der Waals surface area contributed by atoms with Crippen molar-refractivity contribution in [2.75, 3.05) is 19.6 Å². The van der Waals surface area contributed by atoms with Crippen molar-refractivity contribution in [3.63, 3.8) is 0 Å². The molecule has 2 N–H and O–H groups in total. The van der Waals surface area contributed by atoms with E-state index in [1.54, 1.807) is 0 Å². The number of nitrogens with zero attached hydrogens (tertiary/aromatic N) is 1. The smallest absolute Gasteiger partial charge is 0.0751 e. The van der Waals surface area contributed by atoms with E-state index in [1.807, 2.05) is 12.3 Å². The van der Waals surface area contributed by atoms with E-state index in [2.05, 4.69) is 58.1 Å². The number of nitrogens with one attached hydrogen (secondary N) is 2. The van der Waals surface area contributed by atoms with E-state index in [1.165, 1.54) is 18.4 Å². The Bertz CT molecular complexity index is 481. The number of rotatable bonds is 5. The van der Waals surface area contributed by atoms with Crippen LogP contribution < -0.4 is 10.6 Å². The Labute approximate surface area is 126 Å². The minimum atomic E-state index is 0.183. The van der Waals surface area contributed by atoms with Gasteiger partial charge in [0, 0.05) is 6.20 Å². The number of pyridine rings is 1. The molecule has 1 fully saturated rings. The van der Waals surface area contributed by atoms with Crippen molar-refractivity contribution in [2.24, 2.45) is 5.92 Å². The zero-order chi connectivity index (χ0) is 14.3. The van der Waals surface area contributed by atoms with Gasteiger partial charge in [0.2, 0.25) is 0 Å². The average molecular weight is 281 g/mol. The van der Waals surface area contributed by atoms with Crippen LogP contribution in [0.4, 0.5) is 0 Å². The molecule has 0 bridgehead atoms. The normalized spacial score (nSPS) is 17.5. The molecule has 1 aliphatic heterocycles. The van der Waals surface area contributed by atoms with Crippen LogP contribution in [-0.2, 0) is 0 Å². The molecule has 1 aliphatic rings. The molecule has 0 spiro atoms. The second-order valence-corrected chi connectivity index (χ2v) is 5.70. The third-order valence-electron chi connectivity index (χ3n) is 4.19. The van der Waals surface area contributed by atoms with E-state index in [0.717, 1.165) is 31.2 Å². The number of hydrogen-bond donors (Lipinski definition) is 2. The Morgan fingerprint density at radius 2 is 1.81 bits per heavy atom. The zero-order valence-electron chi connectivity index (χ0n) is 12.3. The highest BCUT2D eigenvalue weighted by molar-refractivity contribution is 5.27. The van der Waals surface area contributed by atoms with Gasteiger partial charge in [-0.25, -0.2) is 0 Å². The summed E-state index contributed by atoms with van der Waals surface area (Å²) in [5.74, 6) is 0.765. The standard InChI is InChI=1S/C18H23N3/c1-2-6-16(7-3-1)18(17-8-4-5-11-20-17)21-14-15-9-12-19-13-10-15/h1-8,11,15,18-19,21H,9-10,12-14H2. The molecule has 1 saturated heterocycles. The summed E-state index contributed by atoms with van der Waals surface area (Å²) in [7, 11) is 0. The SMILES string of the molecule is c1ccc(C(NCC2CCNCC2)c2ccccn2)cc1. The third kappa shape index (κ3) is 3.90. The number of hydrogen-bond acceptors (Lipinski definition) is 3. The molecular formula is C18H23N3. The lowest BCUT2D eigenvalue weighted by Gasteiger charge is -2.26. The van der Waals surface area contributed by atoms with Crippen LogP contribution in [0.3, 0.4) is 0 Å². The van der Waals surface area contributed by atoms with Crippen molar-refractivity contribution in [2.45, 2.75) is 18.9 Å². The molecule has 1 atom stereocenters. The van der Waals surface area contributed by atoms with Gasteiger partial charge < -0.3 is 10.6 Å². The van der Waals surface area contributed by atoms with Crippen LogP contribution in [0.2, 0.25) is 0 Å². The predicted molar refractivity (Wildman–Crippen MR) is 86.1 cm³/mol. The van der Waals surface area contributed by atoms with Crippen LogP contribution in [0.25, 0.3) is 0 Å². The van der Waals surface area contributed by atoms with Crippen molar-refractivity contribution in [1.29, 1.82) is 0 Å². The van der Waals surface area contributed by atoms with E-state index in [9.17, 15) is 0 Å². The molecule has 2 heterocycles. The summed E-state index contributed by atoms with van der Waals surface area (Å²) >= 11 is 0. The van der Waals surface area contributed by atoms with Gasteiger partial charge in [0.05, 0.1) is 11.7 Å². The fraction of sp³-hybridized carbons (Fsp3) is 0.389. The first-order valence-electron chi connectivity index (χ1n) is 7.83. The zero-order valence-corrected chi connectivity index (χ0v) is 12.3. The number of benzene rings is 1. The lowest BCUT2D eigenvalue weighted by atomic mass is 9.96. The topological polar surface area (TPSA) is 37.0 Å². The molecule has 0 radical (unpaired) electrons. The van der Waals surface area contributed by atoms with Gasteiger partial charge in [-0.15, -0.1) is 0 Å². The molecule has 0 amide bonds. The maximum Gasteiger partial charge on any atom is 0.0751 e. The Morgan fingerprint density at radius 3 is 2.52 bits per heavy atom. The summed E-state index contributed by atoms with van der Waals surface area (Å²) in [5.41, 5.74) is 2.38. The second-order valence-electron chi connectivity index (χ2n) is 5.70. The van der Waals surface area contributed by atoms with Gasteiger partial charge in [-0.2, -0.15) is 0 Å². The van der Waals surface area contributed by atoms with Gasteiger partial charge in [-0.3, -0.25) is 4.98 Å². The Morgan fingerprint density at radius 1 is 1.05 bits per heavy atom. The highest BCUT2D eigenvalue weighted by atomic mass is 15.0. The summed E-state index contributed by atoms with van der Waals surface area (Å²) in [5, 5.41) is 7.16. The van der Waals surface area contributed by atoms with Gasteiger partial charge in [0.15, 0.2) is 0 Å². The molecule has 0 saturated carbocycles. The van der Waals surface area contributed by atoms with E-state index in [0.29, 0.717) is 0 Å². The lowest BCUT2D eigenvalue weighted by Crippen LogP contribution is -2.35. The van der Waals surface area contributed by atoms with E-state index in [-0.39, 0.29) is 6.04 Å². The van der Waals surface area contributed by atoms with E-state index < -0.39 is 0 Å². The summed E-state index contributed by atoms with van der Waals surface area (Å²) in [4.78, 5) is 4.54. The molecule has 1 aromatic carbocycles. The maximum absolute atomic E-state index is 4.54. The minimum Gasteiger partial charge on any atom is -0.317 e. The summed E-state index contributed by atoms with van der Waals surface area (Å²) in [6, 6.07) is 16.9. The van der Waals surface area contributed by atoms with Gasteiger partial charge in [0.25, 0.3) is 0 Å². The Hall–Kier alpha value is -1.71. The molecule has 0 aliphatic carbocycles.